The number of rotatable bonds is 36. The first-order chi connectivity index (χ1) is 21.2. The molecule has 4 heteroatoms. The minimum atomic E-state index is -0.651. The van der Waals surface area contributed by atoms with E-state index in [1.807, 2.05) is 0 Å². The molecule has 0 aliphatic heterocycles. The van der Waals surface area contributed by atoms with E-state index in [1.54, 1.807) is 0 Å². The number of amides is 1. The summed E-state index contributed by atoms with van der Waals surface area (Å²) in [5.74, 6) is -0.0283. The third kappa shape index (κ3) is 32.6. The molecule has 258 valence electrons. The Bertz CT molecular complexity index is 541. The van der Waals surface area contributed by atoms with Crippen molar-refractivity contribution in [3.8, 4) is 0 Å². The van der Waals surface area contributed by atoms with Crippen LogP contribution in [0.4, 0.5) is 0 Å². The molecule has 0 saturated carbocycles. The lowest BCUT2D eigenvalue weighted by Gasteiger charge is -2.22. The van der Waals surface area contributed by atoms with Gasteiger partial charge in [-0.2, -0.15) is 0 Å². The van der Waals surface area contributed by atoms with Crippen molar-refractivity contribution < 1.29 is 15.0 Å². The molecule has 0 aromatic rings. The van der Waals surface area contributed by atoms with Crippen LogP contribution in [0.25, 0.3) is 0 Å². The molecule has 0 aliphatic rings. The molecule has 0 heterocycles. The van der Waals surface area contributed by atoms with Crippen molar-refractivity contribution in [2.24, 2.45) is 0 Å². The minimum absolute atomic E-state index is 0.0283. The zero-order valence-electron chi connectivity index (χ0n) is 29.5. The standard InChI is InChI=1S/C39H79NO3/c1-3-5-7-9-11-13-15-16-17-18-19-20-21-22-23-25-27-29-31-33-35-39(43)40-37(36-41)38(42)34-32-30-28-26-24-14-12-10-8-6-4-2/h37-38,41-42H,3-36H2,1-2H3,(H,40,43)/t37-,38+/m0/s1. The van der Waals surface area contributed by atoms with E-state index in [2.05, 4.69) is 19.2 Å². The van der Waals surface area contributed by atoms with Gasteiger partial charge in [0.2, 0.25) is 5.91 Å². The van der Waals surface area contributed by atoms with Crippen LogP contribution in [0.2, 0.25) is 0 Å². The number of carbonyl (C=O) groups is 1. The van der Waals surface area contributed by atoms with Crippen LogP contribution in [0.1, 0.15) is 226 Å². The third-order valence-electron chi connectivity index (χ3n) is 9.37. The Labute approximate surface area is 270 Å². The Balaban J connectivity index is 3.46. The second-order valence-corrected chi connectivity index (χ2v) is 13.7. The van der Waals surface area contributed by atoms with Crippen LogP contribution < -0.4 is 5.32 Å². The molecule has 3 N–H and O–H groups in total. The van der Waals surface area contributed by atoms with Gasteiger partial charge in [0.05, 0.1) is 18.8 Å². The van der Waals surface area contributed by atoms with Gasteiger partial charge in [-0.3, -0.25) is 4.79 Å². The predicted molar refractivity (Wildman–Crippen MR) is 189 cm³/mol. The summed E-state index contributed by atoms with van der Waals surface area (Å²) in [4.78, 5) is 12.3. The number of carbonyl (C=O) groups excluding carboxylic acids is 1. The smallest absolute Gasteiger partial charge is 0.220 e. The van der Waals surface area contributed by atoms with E-state index >= 15 is 0 Å². The fourth-order valence-corrected chi connectivity index (χ4v) is 6.30. The van der Waals surface area contributed by atoms with Gasteiger partial charge in [-0.15, -0.1) is 0 Å². The zero-order chi connectivity index (χ0) is 31.5. The van der Waals surface area contributed by atoms with Crippen molar-refractivity contribution in [2.75, 3.05) is 6.61 Å². The first-order valence-corrected chi connectivity index (χ1v) is 19.7. The van der Waals surface area contributed by atoms with Crippen molar-refractivity contribution in [3.05, 3.63) is 0 Å². The maximum atomic E-state index is 12.3. The second kappa shape index (κ2) is 35.9. The fourth-order valence-electron chi connectivity index (χ4n) is 6.30. The van der Waals surface area contributed by atoms with Crippen LogP contribution in [0.5, 0.6) is 0 Å². The number of aliphatic hydroxyl groups is 2. The Morgan fingerprint density at radius 2 is 0.744 bits per heavy atom. The van der Waals surface area contributed by atoms with Crippen molar-refractivity contribution >= 4 is 5.91 Å². The average molecular weight is 610 g/mol. The van der Waals surface area contributed by atoms with E-state index in [1.165, 1.54) is 173 Å². The van der Waals surface area contributed by atoms with Crippen LogP contribution in [-0.2, 0) is 4.79 Å². The van der Waals surface area contributed by atoms with Crippen LogP contribution in [0, 0.1) is 0 Å². The van der Waals surface area contributed by atoms with Crippen LogP contribution in [-0.4, -0.2) is 34.9 Å². The highest BCUT2D eigenvalue weighted by Crippen LogP contribution is 2.16. The van der Waals surface area contributed by atoms with Gasteiger partial charge < -0.3 is 15.5 Å². The van der Waals surface area contributed by atoms with E-state index in [-0.39, 0.29) is 12.5 Å². The van der Waals surface area contributed by atoms with E-state index in [4.69, 9.17) is 0 Å². The predicted octanol–water partition coefficient (Wildman–Crippen LogP) is 11.7. The summed E-state index contributed by atoms with van der Waals surface area (Å²) in [6.45, 7) is 4.36. The molecule has 2 atom stereocenters. The SMILES string of the molecule is CCCCCCCCCCCCCCCCCCCCCCC(=O)N[C@@H](CO)[C@H](O)CCCCCCCCCCCCC. The number of aliphatic hydroxyl groups excluding tert-OH is 2. The molecule has 0 bridgehead atoms. The molecule has 0 aliphatic carbocycles. The number of unbranched alkanes of at least 4 members (excludes halogenated alkanes) is 29. The third-order valence-corrected chi connectivity index (χ3v) is 9.37. The molecule has 0 spiro atoms. The Morgan fingerprint density at radius 1 is 0.465 bits per heavy atom. The summed E-state index contributed by atoms with van der Waals surface area (Å²) in [7, 11) is 0. The average Bonchev–Trinajstić information content (AvgIpc) is 3.01. The summed E-state index contributed by atoms with van der Waals surface area (Å²) in [5, 5.41) is 23.0. The molecule has 1 amide bonds. The monoisotopic (exact) mass is 610 g/mol. The quantitative estimate of drug-likeness (QED) is 0.0619. The molecule has 0 aromatic heterocycles. The molecule has 0 rings (SSSR count). The molecule has 0 unspecified atom stereocenters. The van der Waals surface area contributed by atoms with E-state index in [0.29, 0.717) is 12.8 Å². The van der Waals surface area contributed by atoms with Crippen molar-refractivity contribution in [1.82, 2.24) is 5.32 Å². The maximum absolute atomic E-state index is 12.3. The fraction of sp³-hybridized carbons (Fsp3) is 0.974. The van der Waals surface area contributed by atoms with Crippen LogP contribution in [0.15, 0.2) is 0 Å². The largest absolute Gasteiger partial charge is 0.394 e. The highest BCUT2D eigenvalue weighted by Gasteiger charge is 2.19. The van der Waals surface area contributed by atoms with Gasteiger partial charge in [-0.1, -0.05) is 206 Å². The number of hydrogen-bond donors (Lipinski definition) is 3. The summed E-state index contributed by atoms with van der Waals surface area (Å²) >= 11 is 0. The van der Waals surface area contributed by atoms with Crippen LogP contribution >= 0.6 is 0 Å². The van der Waals surface area contributed by atoms with E-state index < -0.39 is 12.1 Å². The molecular weight excluding hydrogens is 530 g/mol. The minimum Gasteiger partial charge on any atom is -0.394 e. The van der Waals surface area contributed by atoms with E-state index in [0.717, 1.165) is 25.7 Å². The van der Waals surface area contributed by atoms with Crippen molar-refractivity contribution in [3.63, 3.8) is 0 Å². The molecule has 0 fully saturated rings. The molecular formula is C39H79NO3. The van der Waals surface area contributed by atoms with Gasteiger partial charge >= 0.3 is 0 Å². The van der Waals surface area contributed by atoms with Crippen molar-refractivity contribution in [2.45, 2.75) is 238 Å². The van der Waals surface area contributed by atoms with E-state index in [9.17, 15) is 15.0 Å². The Morgan fingerprint density at radius 3 is 1.05 bits per heavy atom. The van der Waals surface area contributed by atoms with Crippen molar-refractivity contribution in [1.29, 1.82) is 0 Å². The van der Waals surface area contributed by atoms with Gasteiger partial charge in [0, 0.05) is 6.42 Å². The summed E-state index contributed by atoms with van der Waals surface area (Å²) in [6, 6.07) is -0.527. The maximum Gasteiger partial charge on any atom is 0.220 e. The highest BCUT2D eigenvalue weighted by molar-refractivity contribution is 5.76. The van der Waals surface area contributed by atoms with Gasteiger partial charge in [0.25, 0.3) is 0 Å². The molecule has 0 aromatic carbocycles. The topological polar surface area (TPSA) is 69.6 Å². The highest BCUT2D eigenvalue weighted by atomic mass is 16.3. The van der Waals surface area contributed by atoms with Crippen LogP contribution in [0.3, 0.4) is 0 Å². The lowest BCUT2D eigenvalue weighted by Crippen LogP contribution is -2.45. The number of hydrogen-bond acceptors (Lipinski definition) is 3. The van der Waals surface area contributed by atoms with Gasteiger partial charge in [0.15, 0.2) is 0 Å². The van der Waals surface area contributed by atoms with Gasteiger partial charge in [0.1, 0.15) is 0 Å². The normalized spacial score (nSPS) is 12.9. The summed E-state index contributed by atoms with van der Waals surface area (Å²) in [6.07, 6.45) is 41.7. The lowest BCUT2D eigenvalue weighted by atomic mass is 10.0. The number of nitrogens with one attached hydrogen (secondary N) is 1. The lowest BCUT2D eigenvalue weighted by molar-refractivity contribution is -0.123. The molecule has 4 nitrogen and oxygen atoms in total. The molecule has 0 saturated heterocycles. The molecule has 43 heavy (non-hydrogen) atoms. The Hall–Kier alpha value is -0.610. The molecule has 0 radical (unpaired) electrons. The van der Waals surface area contributed by atoms with Gasteiger partial charge in [-0.05, 0) is 12.8 Å². The second-order valence-electron chi connectivity index (χ2n) is 13.7. The summed E-state index contributed by atoms with van der Waals surface area (Å²) in [5.41, 5.74) is 0. The first kappa shape index (κ1) is 42.4. The Kier molecular flexibility index (Phi) is 35.4. The summed E-state index contributed by atoms with van der Waals surface area (Å²) < 4.78 is 0. The zero-order valence-corrected chi connectivity index (χ0v) is 29.5. The first-order valence-electron chi connectivity index (χ1n) is 19.7. The van der Waals surface area contributed by atoms with Gasteiger partial charge in [-0.25, -0.2) is 0 Å².